The minimum absolute atomic E-state index is 0.0176. The van der Waals surface area contributed by atoms with Crippen molar-refractivity contribution in [1.82, 2.24) is 10.2 Å². The van der Waals surface area contributed by atoms with E-state index < -0.39 is 18.1 Å². The fraction of sp³-hybridized carbons (Fsp3) is 0.680. The van der Waals surface area contributed by atoms with Gasteiger partial charge in [0, 0.05) is 33.9 Å². The van der Waals surface area contributed by atoms with Crippen molar-refractivity contribution >= 4 is 11.8 Å². The maximum absolute atomic E-state index is 12.9. The number of ether oxygens (including phenoxy) is 2. The van der Waals surface area contributed by atoms with Gasteiger partial charge >= 0.3 is 0 Å². The lowest BCUT2D eigenvalue weighted by Gasteiger charge is -2.30. The smallest absolute Gasteiger partial charge is 0.225 e. The zero-order valence-corrected chi connectivity index (χ0v) is 20.4. The topological polar surface area (TPSA) is 88.1 Å². The minimum Gasteiger partial charge on any atom is -0.387 e. The molecule has 182 valence electrons. The Hall–Kier alpha value is -1.96. The SMILES string of the molecule is CCCCC(CC(=O)N(CCC)C[C@H](OC)[C@@H](C)C(=O)NC[C@@H](O)c1ccccc1)OC. The highest BCUT2D eigenvalue weighted by atomic mass is 16.5. The Morgan fingerprint density at radius 1 is 1.09 bits per heavy atom. The number of aliphatic hydroxyl groups is 1. The summed E-state index contributed by atoms with van der Waals surface area (Å²) in [5.41, 5.74) is 0.749. The van der Waals surface area contributed by atoms with Gasteiger partial charge in [0.15, 0.2) is 0 Å². The molecule has 0 fully saturated rings. The van der Waals surface area contributed by atoms with Gasteiger partial charge in [0.2, 0.25) is 11.8 Å². The first-order valence-corrected chi connectivity index (χ1v) is 11.7. The van der Waals surface area contributed by atoms with Crippen LogP contribution in [0.2, 0.25) is 0 Å². The number of hydrogen-bond donors (Lipinski definition) is 2. The van der Waals surface area contributed by atoms with Gasteiger partial charge < -0.3 is 24.8 Å². The van der Waals surface area contributed by atoms with Crippen molar-refractivity contribution in [2.24, 2.45) is 5.92 Å². The number of nitrogens with one attached hydrogen (secondary N) is 1. The maximum Gasteiger partial charge on any atom is 0.225 e. The Kier molecular flexibility index (Phi) is 13.8. The van der Waals surface area contributed by atoms with Gasteiger partial charge in [0.05, 0.1) is 30.7 Å². The lowest BCUT2D eigenvalue weighted by Crippen LogP contribution is -2.46. The van der Waals surface area contributed by atoms with Crippen molar-refractivity contribution in [3.8, 4) is 0 Å². The van der Waals surface area contributed by atoms with Crippen molar-refractivity contribution in [2.45, 2.75) is 71.2 Å². The third-order valence-corrected chi connectivity index (χ3v) is 5.79. The van der Waals surface area contributed by atoms with E-state index >= 15 is 0 Å². The highest BCUT2D eigenvalue weighted by Gasteiger charge is 2.28. The van der Waals surface area contributed by atoms with Crippen LogP contribution in [0.3, 0.4) is 0 Å². The quantitative estimate of drug-likeness (QED) is 0.403. The number of unbranched alkanes of at least 4 members (excludes halogenated alkanes) is 1. The van der Waals surface area contributed by atoms with Crippen molar-refractivity contribution in [1.29, 1.82) is 0 Å². The van der Waals surface area contributed by atoms with Gasteiger partial charge in [0.25, 0.3) is 0 Å². The normalized spacial score (nSPS) is 14.9. The molecule has 0 aromatic heterocycles. The summed E-state index contributed by atoms with van der Waals surface area (Å²) in [7, 11) is 3.20. The monoisotopic (exact) mass is 450 g/mol. The van der Waals surface area contributed by atoms with Gasteiger partial charge in [-0.1, -0.05) is 63.9 Å². The molecule has 2 amide bonds. The first kappa shape index (κ1) is 28.1. The maximum atomic E-state index is 12.9. The Balaban J connectivity index is 2.68. The molecular formula is C25H42N2O5. The Labute approximate surface area is 193 Å². The molecule has 0 spiro atoms. The summed E-state index contributed by atoms with van der Waals surface area (Å²) in [5.74, 6) is -0.675. The van der Waals surface area contributed by atoms with Crippen molar-refractivity contribution < 1.29 is 24.2 Å². The third-order valence-electron chi connectivity index (χ3n) is 5.79. The van der Waals surface area contributed by atoms with Crippen LogP contribution in [0.1, 0.15) is 64.5 Å². The summed E-state index contributed by atoms with van der Waals surface area (Å²) in [4.78, 5) is 27.4. The third kappa shape index (κ3) is 9.67. The number of methoxy groups -OCH3 is 2. The molecule has 1 unspecified atom stereocenters. The molecule has 0 heterocycles. The molecular weight excluding hydrogens is 408 g/mol. The molecule has 7 heteroatoms. The molecule has 0 aliphatic carbocycles. The minimum atomic E-state index is -0.777. The number of rotatable bonds is 16. The van der Waals surface area contributed by atoms with Gasteiger partial charge in [-0.15, -0.1) is 0 Å². The van der Waals surface area contributed by atoms with Gasteiger partial charge in [-0.05, 0) is 18.4 Å². The van der Waals surface area contributed by atoms with Gasteiger partial charge in [-0.3, -0.25) is 9.59 Å². The van der Waals surface area contributed by atoms with E-state index in [0.29, 0.717) is 19.5 Å². The van der Waals surface area contributed by atoms with Crippen LogP contribution in [0.15, 0.2) is 30.3 Å². The van der Waals surface area contributed by atoms with Crippen LogP contribution in [0, 0.1) is 5.92 Å². The van der Waals surface area contributed by atoms with Gasteiger partial charge in [-0.25, -0.2) is 0 Å². The number of amides is 2. The highest BCUT2D eigenvalue weighted by molar-refractivity contribution is 5.79. The van der Waals surface area contributed by atoms with E-state index in [2.05, 4.69) is 12.2 Å². The largest absolute Gasteiger partial charge is 0.387 e. The van der Waals surface area contributed by atoms with Crippen molar-refractivity contribution in [3.63, 3.8) is 0 Å². The Morgan fingerprint density at radius 2 is 1.78 bits per heavy atom. The van der Waals surface area contributed by atoms with Gasteiger partial charge in [0.1, 0.15) is 0 Å². The zero-order chi connectivity index (χ0) is 23.9. The first-order chi connectivity index (χ1) is 15.4. The number of benzene rings is 1. The summed E-state index contributed by atoms with van der Waals surface area (Å²) in [6, 6.07) is 9.21. The number of aliphatic hydroxyl groups excluding tert-OH is 1. The summed E-state index contributed by atoms with van der Waals surface area (Å²) < 4.78 is 11.1. The average molecular weight is 451 g/mol. The predicted octanol–water partition coefficient (Wildman–Crippen LogP) is 3.32. The molecule has 0 saturated heterocycles. The zero-order valence-electron chi connectivity index (χ0n) is 20.4. The van der Waals surface area contributed by atoms with Crippen LogP contribution >= 0.6 is 0 Å². The van der Waals surface area contributed by atoms with E-state index in [9.17, 15) is 14.7 Å². The second-order valence-electron chi connectivity index (χ2n) is 8.28. The van der Waals surface area contributed by atoms with E-state index in [-0.39, 0.29) is 24.5 Å². The molecule has 0 bridgehead atoms. The molecule has 0 saturated carbocycles. The second kappa shape index (κ2) is 15.8. The van der Waals surface area contributed by atoms with E-state index in [4.69, 9.17) is 9.47 Å². The van der Waals surface area contributed by atoms with Gasteiger partial charge in [-0.2, -0.15) is 0 Å². The van der Waals surface area contributed by atoms with E-state index in [1.165, 1.54) is 0 Å². The summed E-state index contributed by atoms with van der Waals surface area (Å²) in [6.07, 6.45) is 2.76. The van der Waals surface area contributed by atoms with Crippen molar-refractivity contribution in [2.75, 3.05) is 33.9 Å². The summed E-state index contributed by atoms with van der Waals surface area (Å²) in [6.45, 7) is 6.98. The number of carbonyl (C=O) groups is 2. The van der Waals surface area contributed by atoms with Crippen LogP contribution in [0.5, 0.6) is 0 Å². The first-order valence-electron chi connectivity index (χ1n) is 11.7. The molecule has 2 N–H and O–H groups in total. The molecule has 7 nitrogen and oxygen atoms in total. The average Bonchev–Trinajstić information content (AvgIpc) is 2.82. The summed E-state index contributed by atoms with van der Waals surface area (Å²) >= 11 is 0. The molecule has 32 heavy (non-hydrogen) atoms. The molecule has 0 aliphatic rings. The van der Waals surface area contributed by atoms with Crippen LogP contribution in [-0.2, 0) is 19.1 Å². The highest BCUT2D eigenvalue weighted by Crippen LogP contribution is 2.15. The van der Waals surface area contributed by atoms with Crippen molar-refractivity contribution in [3.05, 3.63) is 35.9 Å². The van der Waals surface area contributed by atoms with Crippen LogP contribution in [0.4, 0.5) is 0 Å². The predicted molar refractivity (Wildman–Crippen MR) is 126 cm³/mol. The molecule has 1 rings (SSSR count). The fourth-order valence-corrected chi connectivity index (χ4v) is 3.62. The molecule has 0 aliphatic heterocycles. The van der Waals surface area contributed by atoms with E-state index in [1.54, 1.807) is 26.0 Å². The lowest BCUT2D eigenvalue weighted by molar-refractivity contribution is -0.139. The molecule has 0 radical (unpaired) electrons. The number of hydrogen-bond acceptors (Lipinski definition) is 5. The van der Waals surface area contributed by atoms with Crippen LogP contribution < -0.4 is 5.32 Å². The summed E-state index contributed by atoms with van der Waals surface area (Å²) in [5, 5.41) is 13.1. The molecule has 4 atom stereocenters. The van der Waals surface area contributed by atoms with E-state index in [1.807, 2.05) is 37.3 Å². The number of carbonyl (C=O) groups excluding carboxylic acids is 2. The second-order valence-corrected chi connectivity index (χ2v) is 8.28. The fourth-order valence-electron chi connectivity index (χ4n) is 3.62. The van der Waals surface area contributed by atoms with E-state index in [0.717, 1.165) is 31.2 Å². The Morgan fingerprint density at radius 3 is 2.34 bits per heavy atom. The molecule has 1 aromatic carbocycles. The standard InChI is InChI=1S/C25H42N2O5/c1-6-8-14-21(31-4)16-24(29)27(15-7-2)18-23(32-5)19(3)25(30)26-17-22(28)20-12-10-9-11-13-20/h9-13,19,21-23,28H,6-8,14-18H2,1-5H3,(H,26,30)/t19-,21?,22-,23+/m1/s1. The lowest BCUT2D eigenvalue weighted by atomic mass is 10.0. The Bertz CT molecular complexity index is 655. The van der Waals surface area contributed by atoms with Crippen LogP contribution in [0.25, 0.3) is 0 Å². The van der Waals surface area contributed by atoms with Crippen LogP contribution in [-0.4, -0.2) is 67.9 Å². The molecule has 1 aromatic rings. The number of nitrogens with zero attached hydrogens (tertiary/aromatic N) is 1.